The third kappa shape index (κ3) is 4.16. The van der Waals surface area contributed by atoms with Gasteiger partial charge in [0.2, 0.25) is 0 Å². The molecule has 21 heavy (non-hydrogen) atoms. The van der Waals surface area contributed by atoms with Crippen molar-refractivity contribution in [2.24, 2.45) is 5.41 Å². The Morgan fingerprint density at radius 2 is 1.81 bits per heavy atom. The van der Waals surface area contributed by atoms with Crippen LogP contribution in [0.15, 0.2) is 18.2 Å². The first-order valence-electron chi connectivity index (χ1n) is 8.09. The van der Waals surface area contributed by atoms with E-state index < -0.39 is 0 Å². The van der Waals surface area contributed by atoms with Crippen LogP contribution in [0.25, 0.3) is 0 Å². The standard InChI is InChI=1S/C19H29NO/c1-14-6-7-16(12-15(14)2)18(21)13-20(5)17-8-10-19(3,4)11-9-17/h6-7,12,17H,8-11,13H2,1-5H3. The van der Waals surface area contributed by atoms with Gasteiger partial charge < -0.3 is 0 Å². The second-order valence-electron chi connectivity index (χ2n) is 7.53. The van der Waals surface area contributed by atoms with Crippen molar-refractivity contribution < 1.29 is 4.79 Å². The van der Waals surface area contributed by atoms with E-state index in [9.17, 15) is 4.79 Å². The maximum Gasteiger partial charge on any atom is 0.176 e. The summed E-state index contributed by atoms with van der Waals surface area (Å²) in [6, 6.07) is 6.59. The number of aryl methyl sites for hydroxylation is 2. The van der Waals surface area contributed by atoms with Crippen molar-refractivity contribution in [3.63, 3.8) is 0 Å². The predicted molar refractivity (Wildman–Crippen MR) is 88.9 cm³/mol. The molecule has 1 aliphatic rings. The van der Waals surface area contributed by atoms with Crippen molar-refractivity contribution in [3.8, 4) is 0 Å². The Morgan fingerprint density at radius 1 is 1.19 bits per heavy atom. The molecule has 0 spiro atoms. The number of ketones is 1. The van der Waals surface area contributed by atoms with Crippen LogP contribution in [0.4, 0.5) is 0 Å². The number of hydrogen-bond acceptors (Lipinski definition) is 2. The van der Waals surface area contributed by atoms with Crippen LogP contribution in [0.3, 0.4) is 0 Å². The first-order valence-corrected chi connectivity index (χ1v) is 8.09. The lowest BCUT2D eigenvalue weighted by molar-refractivity contribution is 0.0851. The van der Waals surface area contributed by atoms with Crippen LogP contribution in [0.5, 0.6) is 0 Å². The van der Waals surface area contributed by atoms with E-state index in [2.05, 4.69) is 39.6 Å². The zero-order valence-electron chi connectivity index (χ0n) is 14.2. The van der Waals surface area contributed by atoms with Crippen molar-refractivity contribution in [1.82, 2.24) is 4.90 Å². The Hall–Kier alpha value is -1.15. The predicted octanol–water partition coefficient (Wildman–Crippen LogP) is 4.39. The number of nitrogens with zero attached hydrogens (tertiary/aromatic N) is 1. The summed E-state index contributed by atoms with van der Waals surface area (Å²) in [6.45, 7) is 9.39. The van der Waals surface area contributed by atoms with Gasteiger partial charge in [-0.05, 0) is 69.2 Å². The average Bonchev–Trinajstić information content (AvgIpc) is 2.41. The van der Waals surface area contributed by atoms with E-state index in [1.807, 2.05) is 18.2 Å². The Balaban J connectivity index is 1.94. The number of benzene rings is 1. The maximum atomic E-state index is 12.4. The van der Waals surface area contributed by atoms with E-state index in [4.69, 9.17) is 0 Å². The Bertz CT molecular complexity index is 508. The maximum absolute atomic E-state index is 12.4. The zero-order valence-corrected chi connectivity index (χ0v) is 14.2. The third-order valence-electron chi connectivity index (χ3n) is 5.15. The smallest absolute Gasteiger partial charge is 0.176 e. The van der Waals surface area contributed by atoms with E-state index in [-0.39, 0.29) is 5.78 Å². The summed E-state index contributed by atoms with van der Waals surface area (Å²) >= 11 is 0. The second kappa shape index (κ2) is 6.31. The van der Waals surface area contributed by atoms with Crippen LogP contribution in [0.2, 0.25) is 0 Å². The lowest BCUT2D eigenvalue weighted by Gasteiger charge is -2.38. The molecule has 1 fully saturated rings. The topological polar surface area (TPSA) is 20.3 Å². The average molecular weight is 287 g/mol. The quantitative estimate of drug-likeness (QED) is 0.766. The van der Waals surface area contributed by atoms with Crippen molar-refractivity contribution >= 4 is 5.78 Å². The SMILES string of the molecule is Cc1ccc(C(=O)CN(C)C2CCC(C)(C)CC2)cc1C. The zero-order chi connectivity index (χ0) is 15.6. The van der Waals surface area contributed by atoms with Gasteiger partial charge >= 0.3 is 0 Å². The van der Waals surface area contributed by atoms with Gasteiger partial charge in [-0.25, -0.2) is 0 Å². The number of carbonyl (C=O) groups is 1. The lowest BCUT2D eigenvalue weighted by atomic mass is 9.75. The van der Waals surface area contributed by atoms with E-state index >= 15 is 0 Å². The fourth-order valence-corrected chi connectivity index (χ4v) is 3.19. The van der Waals surface area contributed by atoms with E-state index in [0.717, 1.165) is 5.56 Å². The molecule has 2 heteroatoms. The van der Waals surface area contributed by atoms with Gasteiger partial charge in [0.1, 0.15) is 0 Å². The van der Waals surface area contributed by atoms with Gasteiger partial charge in [-0.15, -0.1) is 0 Å². The van der Waals surface area contributed by atoms with Crippen LogP contribution < -0.4 is 0 Å². The van der Waals surface area contributed by atoms with Gasteiger partial charge in [0, 0.05) is 11.6 Å². The molecule has 0 bridgehead atoms. The highest BCUT2D eigenvalue weighted by atomic mass is 16.1. The molecule has 116 valence electrons. The molecule has 1 aromatic carbocycles. The normalized spacial score (nSPS) is 19.0. The highest BCUT2D eigenvalue weighted by molar-refractivity contribution is 5.97. The molecule has 0 aliphatic heterocycles. The van der Waals surface area contributed by atoms with Crippen LogP contribution >= 0.6 is 0 Å². The summed E-state index contributed by atoms with van der Waals surface area (Å²) < 4.78 is 0. The molecule has 0 radical (unpaired) electrons. The van der Waals surface area contributed by atoms with E-state index in [1.54, 1.807) is 0 Å². The molecular formula is C19H29NO. The van der Waals surface area contributed by atoms with E-state index in [0.29, 0.717) is 18.0 Å². The molecule has 2 nitrogen and oxygen atoms in total. The summed E-state index contributed by atoms with van der Waals surface area (Å²) in [4.78, 5) is 14.7. The van der Waals surface area contributed by atoms with Crippen molar-refractivity contribution in [1.29, 1.82) is 0 Å². The molecule has 0 heterocycles. The summed E-state index contributed by atoms with van der Waals surface area (Å²) in [5.41, 5.74) is 3.77. The molecule has 0 N–H and O–H groups in total. The summed E-state index contributed by atoms with van der Waals surface area (Å²) in [7, 11) is 2.10. The molecule has 0 atom stereocenters. The first kappa shape index (κ1) is 16.2. The summed E-state index contributed by atoms with van der Waals surface area (Å²) in [5.74, 6) is 0.241. The highest BCUT2D eigenvalue weighted by Crippen LogP contribution is 2.36. The van der Waals surface area contributed by atoms with Gasteiger partial charge in [0.05, 0.1) is 6.54 Å². The van der Waals surface area contributed by atoms with Gasteiger partial charge in [0.25, 0.3) is 0 Å². The summed E-state index contributed by atoms with van der Waals surface area (Å²) in [6.07, 6.45) is 4.95. The Labute approximate surface area is 129 Å². The minimum absolute atomic E-state index is 0.241. The second-order valence-corrected chi connectivity index (χ2v) is 7.53. The van der Waals surface area contributed by atoms with Crippen LogP contribution in [-0.2, 0) is 0 Å². The van der Waals surface area contributed by atoms with Gasteiger partial charge in [-0.3, -0.25) is 9.69 Å². The summed E-state index contributed by atoms with van der Waals surface area (Å²) in [5, 5.41) is 0. The first-order chi connectivity index (χ1) is 9.78. The highest BCUT2D eigenvalue weighted by Gasteiger charge is 2.29. The van der Waals surface area contributed by atoms with Crippen LogP contribution in [-0.4, -0.2) is 30.3 Å². The molecule has 1 aliphatic carbocycles. The van der Waals surface area contributed by atoms with Gasteiger partial charge in [0.15, 0.2) is 5.78 Å². The van der Waals surface area contributed by atoms with Crippen LogP contribution in [0.1, 0.15) is 61.0 Å². The van der Waals surface area contributed by atoms with Gasteiger partial charge in [-0.1, -0.05) is 26.0 Å². The largest absolute Gasteiger partial charge is 0.296 e. The molecule has 0 amide bonds. The Morgan fingerprint density at radius 3 is 2.38 bits per heavy atom. The Kier molecular flexibility index (Phi) is 4.88. The van der Waals surface area contributed by atoms with Crippen molar-refractivity contribution in [2.75, 3.05) is 13.6 Å². The number of rotatable bonds is 4. The number of Topliss-reactive ketones (excluding diaryl/α,β-unsaturated/α-hetero) is 1. The third-order valence-corrected chi connectivity index (χ3v) is 5.15. The fraction of sp³-hybridized carbons (Fsp3) is 0.632. The fourth-order valence-electron chi connectivity index (χ4n) is 3.19. The molecular weight excluding hydrogens is 258 g/mol. The molecule has 2 rings (SSSR count). The number of likely N-dealkylation sites (N-methyl/N-ethyl adjacent to an activating group) is 1. The van der Waals surface area contributed by atoms with E-state index in [1.165, 1.54) is 36.8 Å². The van der Waals surface area contributed by atoms with Crippen LogP contribution in [0, 0.1) is 19.3 Å². The lowest BCUT2D eigenvalue weighted by Crippen LogP contribution is -2.39. The molecule has 0 aromatic heterocycles. The molecule has 1 aromatic rings. The molecule has 1 saturated carbocycles. The molecule has 0 saturated heterocycles. The van der Waals surface area contributed by atoms with Gasteiger partial charge in [-0.2, -0.15) is 0 Å². The van der Waals surface area contributed by atoms with Crippen molar-refractivity contribution in [2.45, 2.75) is 59.4 Å². The minimum atomic E-state index is 0.241. The monoisotopic (exact) mass is 287 g/mol. The number of carbonyl (C=O) groups excluding carboxylic acids is 1. The minimum Gasteiger partial charge on any atom is -0.296 e. The number of hydrogen-bond donors (Lipinski definition) is 0. The van der Waals surface area contributed by atoms with Crippen molar-refractivity contribution in [3.05, 3.63) is 34.9 Å². The molecule has 0 unspecified atom stereocenters.